The van der Waals surface area contributed by atoms with Crippen LogP contribution in [0.1, 0.15) is 6.92 Å². The Hall–Kier alpha value is -2.14. The Kier molecular flexibility index (Phi) is 5.08. The molecule has 2 aromatic rings. The molecule has 0 amide bonds. The van der Waals surface area contributed by atoms with E-state index in [0.717, 1.165) is 12.2 Å². The first-order chi connectivity index (χ1) is 11.3. The van der Waals surface area contributed by atoms with Gasteiger partial charge in [0.05, 0.1) is 0 Å². The zero-order valence-electron chi connectivity index (χ0n) is 13.2. The van der Waals surface area contributed by atoms with Crippen LogP contribution in [0.4, 0.5) is 11.4 Å². The number of benzene rings is 2. The molecule has 2 nitrogen and oxygen atoms in total. The topological polar surface area (TPSA) is 6.48 Å². The quantitative estimate of drug-likeness (QED) is 0.592. The first-order valence-electron chi connectivity index (χ1n) is 7.79. The average Bonchev–Trinajstić information content (AvgIpc) is 2.96. The van der Waals surface area contributed by atoms with Gasteiger partial charge in [0, 0.05) is 0 Å². The number of terminal acetylenes is 1. The standard InChI is InChI=1S/C20H20N2Se/c1-3-15-21(17-10-6-5-7-11-17)16-14-20-22(4-2)18-12-8-9-13-19(18)23-20/h1,5-14,16,20H,4,15H2,2H3. The predicted molar refractivity (Wildman–Crippen MR) is 100 cm³/mol. The van der Waals surface area contributed by atoms with Crippen molar-refractivity contribution in [2.45, 2.75) is 11.9 Å². The van der Waals surface area contributed by atoms with Crippen molar-refractivity contribution in [2.24, 2.45) is 0 Å². The van der Waals surface area contributed by atoms with E-state index in [-0.39, 0.29) is 0 Å². The van der Waals surface area contributed by atoms with Gasteiger partial charge in [-0.15, -0.1) is 0 Å². The van der Waals surface area contributed by atoms with Gasteiger partial charge in [-0.25, -0.2) is 0 Å². The van der Waals surface area contributed by atoms with Gasteiger partial charge >= 0.3 is 145 Å². The van der Waals surface area contributed by atoms with Gasteiger partial charge in [0.2, 0.25) is 0 Å². The van der Waals surface area contributed by atoms with Crippen LogP contribution in [0.25, 0.3) is 0 Å². The number of anilines is 2. The minimum absolute atomic E-state index is 0.432. The Labute approximate surface area is 145 Å². The summed E-state index contributed by atoms with van der Waals surface area (Å²) >= 11 is 0.432. The van der Waals surface area contributed by atoms with Crippen LogP contribution < -0.4 is 14.3 Å². The van der Waals surface area contributed by atoms with Crippen LogP contribution in [0, 0.1) is 12.3 Å². The summed E-state index contributed by atoms with van der Waals surface area (Å²) in [5.41, 5.74) is 2.51. The number of hydrogen-bond donors (Lipinski definition) is 0. The molecule has 0 radical (unpaired) electrons. The second kappa shape index (κ2) is 7.42. The second-order valence-electron chi connectivity index (χ2n) is 5.27. The molecule has 0 fully saturated rings. The Morgan fingerprint density at radius 1 is 1.17 bits per heavy atom. The molecule has 3 heteroatoms. The molecular weight excluding hydrogens is 347 g/mol. The summed E-state index contributed by atoms with van der Waals surface area (Å²) in [4.78, 5) is 5.06. The van der Waals surface area contributed by atoms with Crippen molar-refractivity contribution in [3.8, 4) is 12.3 Å². The molecule has 1 unspecified atom stereocenters. The number of para-hydroxylation sites is 2. The fourth-order valence-corrected chi connectivity index (χ4v) is 5.39. The van der Waals surface area contributed by atoms with Crippen LogP contribution in [-0.4, -0.2) is 33.0 Å². The number of nitrogens with zero attached hydrogens (tertiary/aromatic N) is 2. The van der Waals surface area contributed by atoms with Crippen molar-refractivity contribution in [1.82, 2.24) is 0 Å². The number of likely N-dealkylation sites (N-methyl/N-ethyl adjacent to an activating group) is 1. The van der Waals surface area contributed by atoms with Gasteiger partial charge in [0.1, 0.15) is 0 Å². The van der Waals surface area contributed by atoms with Crippen molar-refractivity contribution < 1.29 is 0 Å². The SMILES string of the molecule is C#CCN(C=CC1[Se]c2ccccc2N1CC)c1ccccc1. The van der Waals surface area contributed by atoms with Gasteiger partial charge in [-0.05, 0) is 0 Å². The summed E-state index contributed by atoms with van der Waals surface area (Å²) in [6.45, 7) is 3.82. The van der Waals surface area contributed by atoms with E-state index < -0.39 is 0 Å². The normalized spacial score (nSPS) is 16.3. The second-order valence-corrected chi connectivity index (χ2v) is 7.70. The molecule has 0 saturated carbocycles. The molecule has 1 aliphatic rings. The van der Waals surface area contributed by atoms with Gasteiger partial charge in [0.25, 0.3) is 0 Å². The van der Waals surface area contributed by atoms with Gasteiger partial charge < -0.3 is 0 Å². The van der Waals surface area contributed by atoms with Crippen LogP contribution in [0.15, 0.2) is 66.9 Å². The molecule has 23 heavy (non-hydrogen) atoms. The summed E-state index contributed by atoms with van der Waals surface area (Å²) in [5, 5.41) is 0. The molecule has 0 saturated heterocycles. The molecule has 0 bridgehead atoms. The zero-order chi connectivity index (χ0) is 16.1. The number of fused-ring (bicyclic) bond motifs is 1. The van der Waals surface area contributed by atoms with Crippen molar-refractivity contribution in [3.05, 3.63) is 66.9 Å². The van der Waals surface area contributed by atoms with E-state index in [0.29, 0.717) is 26.4 Å². The van der Waals surface area contributed by atoms with E-state index in [1.165, 1.54) is 10.1 Å². The first kappa shape index (κ1) is 15.7. The molecule has 0 spiro atoms. The minimum atomic E-state index is 0.432. The van der Waals surface area contributed by atoms with Crippen molar-refractivity contribution in [2.75, 3.05) is 22.9 Å². The van der Waals surface area contributed by atoms with E-state index in [2.05, 4.69) is 71.3 Å². The maximum atomic E-state index is 5.54. The van der Waals surface area contributed by atoms with E-state index in [4.69, 9.17) is 6.42 Å². The molecular formula is C20H20N2Se. The van der Waals surface area contributed by atoms with Crippen molar-refractivity contribution in [1.29, 1.82) is 0 Å². The van der Waals surface area contributed by atoms with E-state index in [1.807, 2.05) is 18.2 Å². The zero-order valence-corrected chi connectivity index (χ0v) is 14.9. The number of rotatable bonds is 5. The Bertz CT molecular complexity index is 718. The third-order valence-corrected chi connectivity index (χ3v) is 6.48. The summed E-state index contributed by atoms with van der Waals surface area (Å²) in [6.07, 6.45) is 9.99. The van der Waals surface area contributed by atoms with Crippen LogP contribution in [0.2, 0.25) is 0 Å². The van der Waals surface area contributed by atoms with Crippen LogP contribution in [-0.2, 0) is 0 Å². The summed E-state index contributed by atoms with van der Waals surface area (Å²) < 4.78 is 1.49. The van der Waals surface area contributed by atoms with Gasteiger partial charge in [-0.1, -0.05) is 0 Å². The molecule has 3 rings (SSSR count). The predicted octanol–water partition coefficient (Wildman–Crippen LogP) is 2.84. The third-order valence-electron chi connectivity index (χ3n) is 3.85. The third kappa shape index (κ3) is 3.45. The summed E-state index contributed by atoms with van der Waals surface area (Å²) in [7, 11) is 0. The summed E-state index contributed by atoms with van der Waals surface area (Å²) in [6, 6.07) is 19.0. The Morgan fingerprint density at radius 3 is 2.65 bits per heavy atom. The Morgan fingerprint density at radius 2 is 1.91 bits per heavy atom. The van der Waals surface area contributed by atoms with Crippen LogP contribution in [0.3, 0.4) is 0 Å². The molecule has 0 aromatic heterocycles. The van der Waals surface area contributed by atoms with E-state index in [9.17, 15) is 0 Å². The first-order valence-corrected chi connectivity index (χ1v) is 9.64. The fraction of sp³-hybridized carbons (Fsp3) is 0.200. The van der Waals surface area contributed by atoms with Crippen LogP contribution in [0.5, 0.6) is 0 Å². The monoisotopic (exact) mass is 368 g/mol. The maximum absolute atomic E-state index is 5.54. The molecule has 2 aromatic carbocycles. The average molecular weight is 367 g/mol. The van der Waals surface area contributed by atoms with Gasteiger partial charge in [-0.3, -0.25) is 0 Å². The molecule has 116 valence electrons. The fourth-order valence-electron chi connectivity index (χ4n) is 2.74. The van der Waals surface area contributed by atoms with E-state index in [1.54, 1.807) is 0 Å². The van der Waals surface area contributed by atoms with Crippen LogP contribution >= 0.6 is 0 Å². The van der Waals surface area contributed by atoms with Crippen molar-refractivity contribution >= 4 is 30.8 Å². The molecule has 1 heterocycles. The Balaban J connectivity index is 1.80. The number of hydrogen-bond acceptors (Lipinski definition) is 2. The van der Waals surface area contributed by atoms with Gasteiger partial charge in [-0.2, -0.15) is 0 Å². The molecule has 0 aliphatic carbocycles. The molecule has 0 N–H and O–H groups in total. The molecule has 1 aliphatic heterocycles. The summed E-state index contributed by atoms with van der Waals surface area (Å²) in [5.74, 6) is 2.75. The van der Waals surface area contributed by atoms with Crippen molar-refractivity contribution in [3.63, 3.8) is 0 Å². The molecule has 1 atom stereocenters. The van der Waals surface area contributed by atoms with Gasteiger partial charge in [0.15, 0.2) is 0 Å². The van der Waals surface area contributed by atoms with E-state index >= 15 is 0 Å².